The lowest BCUT2D eigenvalue weighted by Gasteiger charge is -2.01. The van der Waals surface area contributed by atoms with Gasteiger partial charge in [0.1, 0.15) is 0 Å². The van der Waals surface area contributed by atoms with E-state index in [2.05, 4.69) is 0 Å². The summed E-state index contributed by atoms with van der Waals surface area (Å²) in [6.45, 7) is 0. The van der Waals surface area contributed by atoms with Gasteiger partial charge in [0.25, 0.3) is 11.4 Å². The molecule has 0 aliphatic heterocycles. The van der Waals surface area contributed by atoms with Crippen LogP contribution in [0.2, 0.25) is 0 Å². The quantitative estimate of drug-likeness (QED) is 0.309. The second-order valence-electron chi connectivity index (χ2n) is 5.99. The molecule has 0 aliphatic carbocycles. The molecule has 0 unspecified atom stereocenters. The van der Waals surface area contributed by atoms with Gasteiger partial charge in [-0.2, -0.15) is 0 Å². The zero-order chi connectivity index (χ0) is 19.9. The first kappa shape index (κ1) is 18.7. The van der Waals surface area contributed by atoms with Crippen LogP contribution in [0.15, 0.2) is 72.8 Å². The van der Waals surface area contributed by atoms with Gasteiger partial charge in [-0.15, -0.1) is 0 Å². The summed E-state index contributed by atoms with van der Waals surface area (Å²) in [7, 11) is 0. The van der Waals surface area contributed by atoms with Crippen molar-refractivity contribution < 1.29 is 9.85 Å². The fraction of sp³-hybridized carbons (Fsp3) is 0. The van der Waals surface area contributed by atoms with Crippen molar-refractivity contribution in [3.63, 3.8) is 0 Å². The molecule has 6 heteroatoms. The highest BCUT2D eigenvalue weighted by Gasteiger charge is 2.03. The number of nitro groups is 2. The summed E-state index contributed by atoms with van der Waals surface area (Å²) in [5.74, 6) is 0. The molecule has 0 fully saturated rings. The molecule has 0 spiro atoms. The molecule has 0 radical (unpaired) electrons. The van der Waals surface area contributed by atoms with Crippen molar-refractivity contribution >= 4 is 35.7 Å². The van der Waals surface area contributed by atoms with Gasteiger partial charge in [0.05, 0.1) is 9.85 Å². The van der Waals surface area contributed by atoms with Crippen molar-refractivity contribution in [2.45, 2.75) is 0 Å². The summed E-state index contributed by atoms with van der Waals surface area (Å²) in [6, 6.07) is 20.5. The average molecular weight is 372 g/mol. The largest absolute Gasteiger partial charge is 0.269 e. The summed E-state index contributed by atoms with van der Waals surface area (Å²) in [5, 5.41) is 21.4. The van der Waals surface area contributed by atoms with E-state index in [0.717, 1.165) is 22.3 Å². The smallest absolute Gasteiger partial charge is 0.258 e. The van der Waals surface area contributed by atoms with E-state index >= 15 is 0 Å². The fourth-order valence-corrected chi connectivity index (χ4v) is 2.60. The number of hydrogen-bond donors (Lipinski definition) is 0. The maximum absolute atomic E-state index is 10.7. The molecular formula is C22H16N2O4. The third kappa shape index (κ3) is 4.76. The second kappa shape index (κ2) is 8.55. The summed E-state index contributed by atoms with van der Waals surface area (Å²) in [5.41, 5.74) is 3.81. The highest BCUT2D eigenvalue weighted by Crippen LogP contribution is 2.19. The Bertz CT molecular complexity index is 966. The predicted octanol–water partition coefficient (Wildman–Crippen LogP) is 5.84. The molecule has 0 atom stereocenters. The molecule has 28 heavy (non-hydrogen) atoms. The summed E-state index contributed by atoms with van der Waals surface area (Å²) < 4.78 is 0. The van der Waals surface area contributed by atoms with Gasteiger partial charge in [-0.05, 0) is 46.5 Å². The maximum Gasteiger partial charge on any atom is 0.269 e. The first-order valence-corrected chi connectivity index (χ1v) is 8.47. The monoisotopic (exact) mass is 372 g/mol. The van der Waals surface area contributed by atoms with Crippen molar-refractivity contribution in [1.82, 2.24) is 0 Å². The van der Waals surface area contributed by atoms with Gasteiger partial charge in [0.2, 0.25) is 0 Å². The zero-order valence-electron chi connectivity index (χ0n) is 14.8. The lowest BCUT2D eigenvalue weighted by molar-refractivity contribution is -0.385. The minimum Gasteiger partial charge on any atom is -0.258 e. The van der Waals surface area contributed by atoms with Crippen molar-refractivity contribution in [3.8, 4) is 0 Å². The van der Waals surface area contributed by atoms with Gasteiger partial charge in [0.15, 0.2) is 0 Å². The topological polar surface area (TPSA) is 86.3 Å². The maximum atomic E-state index is 10.7. The zero-order valence-corrected chi connectivity index (χ0v) is 14.8. The first-order valence-electron chi connectivity index (χ1n) is 8.47. The second-order valence-corrected chi connectivity index (χ2v) is 5.99. The number of nitro benzene ring substituents is 2. The molecule has 0 saturated heterocycles. The molecule has 0 amide bonds. The van der Waals surface area contributed by atoms with Crippen molar-refractivity contribution in [3.05, 3.63) is 115 Å². The predicted molar refractivity (Wildman–Crippen MR) is 110 cm³/mol. The molecule has 6 nitrogen and oxygen atoms in total. The van der Waals surface area contributed by atoms with Gasteiger partial charge in [-0.1, -0.05) is 48.6 Å². The Balaban J connectivity index is 1.78. The van der Waals surface area contributed by atoms with Gasteiger partial charge in [0, 0.05) is 24.3 Å². The van der Waals surface area contributed by atoms with Crippen LogP contribution in [0.3, 0.4) is 0 Å². The summed E-state index contributed by atoms with van der Waals surface area (Å²) >= 11 is 0. The van der Waals surface area contributed by atoms with E-state index in [0.29, 0.717) is 0 Å². The van der Waals surface area contributed by atoms with E-state index in [9.17, 15) is 20.2 Å². The van der Waals surface area contributed by atoms with E-state index in [1.807, 2.05) is 48.6 Å². The Morgan fingerprint density at radius 2 is 0.893 bits per heavy atom. The van der Waals surface area contributed by atoms with Crippen LogP contribution in [-0.2, 0) is 0 Å². The molecule has 138 valence electrons. The molecule has 0 aromatic heterocycles. The third-order valence-electron chi connectivity index (χ3n) is 4.11. The molecule has 3 aromatic rings. The number of non-ortho nitro benzene ring substituents is 2. The van der Waals surface area contributed by atoms with Gasteiger partial charge in [-0.3, -0.25) is 20.2 Å². The SMILES string of the molecule is O=[N+]([O-])c1ccc(/C=C/c2ccccc2/C=C/c2ccc([N+](=O)[O-])cc2)cc1. The Morgan fingerprint density at radius 3 is 1.21 bits per heavy atom. The van der Waals surface area contributed by atoms with Crippen LogP contribution in [0.5, 0.6) is 0 Å². The van der Waals surface area contributed by atoms with Crippen LogP contribution in [0.25, 0.3) is 24.3 Å². The lowest BCUT2D eigenvalue weighted by atomic mass is 10.0. The van der Waals surface area contributed by atoms with Crippen LogP contribution in [0.4, 0.5) is 11.4 Å². The minimum atomic E-state index is -0.425. The van der Waals surface area contributed by atoms with E-state index in [-0.39, 0.29) is 11.4 Å². The minimum absolute atomic E-state index is 0.0589. The van der Waals surface area contributed by atoms with E-state index < -0.39 is 9.85 Å². The molecular weight excluding hydrogens is 356 g/mol. The van der Waals surface area contributed by atoms with Crippen LogP contribution >= 0.6 is 0 Å². The average Bonchev–Trinajstić information content (AvgIpc) is 2.72. The highest BCUT2D eigenvalue weighted by molar-refractivity contribution is 5.79. The molecule has 3 aromatic carbocycles. The molecule has 0 N–H and O–H groups in total. The van der Waals surface area contributed by atoms with Crippen molar-refractivity contribution in [2.24, 2.45) is 0 Å². The molecule has 0 saturated carbocycles. The van der Waals surface area contributed by atoms with E-state index in [1.165, 1.54) is 24.3 Å². The molecule has 3 rings (SSSR count). The number of benzene rings is 3. The van der Waals surface area contributed by atoms with Crippen molar-refractivity contribution in [1.29, 1.82) is 0 Å². The molecule has 0 aliphatic rings. The van der Waals surface area contributed by atoms with Crippen LogP contribution in [0, 0.1) is 20.2 Å². The Morgan fingerprint density at radius 1 is 0.536 bits per heavy atom. The van der Waals surface area contributed by atoms with Gasteiger partial charge >= 0.3 is 0 Å². The highest BCUT2D eigenvalue weighted by atomic mass is 16.6. The number of nitrogens with zero attached hydrogens (tertiary/aromatic N) is 2. The standard InChI is InChI=1S/C22H16N2O4/c25-23(26)21-13-7-17(8-14-21)5-11-19-3-1-2-4-20(19)12-6-18-9-15-22(16-10-18)24(27)28/h1-16H/b11-5+,12-6+. The van der Waals surface area contributed by atoms with E-state index in [4.69, 9.17) is 0 Å². The first-order chi connectivity index (χ1) is 13.5. The Hall–Kier alpha value is -4.06. The molecule has 0 bridgehead atoms. The Labute approximate surface area is 161 Å². The Kier molecular flexibility index (Phi) is 5.72. The van der Waals surface area contributed by atoms with Gasteiger partial charge < -0.3 is 0 Å². The number of rotatable bonds is 6. The van der Waals surface area contributed by atoms with Crippen LogP contribution < -0.4 is 0 Å². The summed E-state index contributed by atoms with van der Waals surface area (Å²) in [6.07, 6.45) is 7.66. The van der Waals surface area contributed by atoms with Crippen LogP contribution in [-0.4, -0.2) is 9.85 Å². The normalized spacial score (nSPS) is 11.1. The van der Waals surface area contributed by atoms with E-state index in [1.54, 1.807) is 24.3 Å². The lowest BCUT2D eigenvalue weighted by Crippen LogP contribution is -1.87. The fourth-order valence-electron chi connectivity index (χ4n) is 2.60. The van der Waals surface area contributed by atoms with Crippen LogP contribution in [0.1, 0.15) is 22.3 Å². The van der Waals surface area contributed by atoms with Crippen molar-refractivity contribution in [2.75, 3.05) is 0 Å². The third-order valence-corrected chi connectivity index (χ3v) is 4.11. The van der Waals surface area contributed by atoms with Gasteiger partial charge in [-0.25, -0.2) is 0 Å². The summed E-state index contributed by atoms with van der Waals surface area (Å²) in [4.78, 5) is 20.6. The number of hydrogen-bond acceptors (Lipinski definition) is 4. The molecule has 0 heterocycles.